The van der Waals surface area contributed by atoms with Crippen molar-refractivity contribution in [2.24, 2.45) is 0 Å². The molecule has 0 nitrogen and oxygen atoms in total. The van der Waals surface area contributed by atoms with Gasteiger partial charge in [-0.2, -0.15) is 0 Å². The van der Waals surface area contributed by atoms with Crippen LogP contribution < -0.4 is 0 Å². The van der Waals surface area contributed by atoms with Gasteiger partial charge in [0, 0.05) is 0 Å². The Labute approximate surface area is 462 Å². The van der Waals surface area contributed by atoms with Crippen LogP contribution in [0, 0.1) is 0 Å². The second-order valence-electron chi connectivity index (χ2n) is 0. The lowest BCUT2D eigenvalue weighted by atomic mass is 11.0. The predicted octanol–water partition coefficient (Wildman–Crippen LogP) is 35.6. The van der Waals surface area contributed by atoms with Gasteiger partial charge in [0.1, 0.15) is 0 Å². The minimum atomic E-state index is 0. The molecule has 0 aliphatic rings. The van der Waals surface area contributed by atoms with E-state index in [9.17, 15) is 0 Å². The Morgan fingerprint density at radius 1 is 0.0455 bits per heavy atom. The summed E-state index contributed by atoms with van der Waals surface area (Å²) in [7, 11) is 0. The zero-order valence-corrected chi connectivity index (χ0v) is 52.0. The molecule has 0 N–H and O–H groups in total. The molecule has 66 heavy (non-hydrogen) atoms. The SMILES string of the molecule is C.C.C.C.C.C.C.C.C.C.C.C.C.C.CC.CC.CC.CC.CC.CC.CC.CC.CC.CC.CC.CC.CC.CC.CC.CC.CC.CC.CC.CC.CC.CC.CC.CC.CC.CC. The van der Waals surface area contributed by atoms with Crippen LogP contribution in [-0.4, -0.2) is 0 Å². The molecule has 0 atom stereocenters. The van der Waals surface area contributed by atoms with Gasteiger partial charge >= 0.3 is 0 Å². The van der Waals surface area contributed by atoms with Crippen molar-refractivity contribution in [3.63, 3.8) is 0 Å². The van der Waals surface area contributed by atoms with Gasteiger partial charge in [0.25, 0.3) is 0 Å². The zero-order chi connectivity index (χ0) is 52.0. The molecule has 0 unspecified atom stereocenters. The second kappa shape index (κ2) is 0. The molecule has 0 aliphatic heterocycles. The third-order valence-corrected chi connectivity index (χ3v) is 0. The number of hydrogen-bond acceptors (Lipinski definition) is 0. The highest BCUT2D eigenvalue weighted by atomic mass is 13.1. The molecule has 0 amide bonds. The summed E-state index contributed by atoms with van der Waals surface area (Å²) in [6.07, 6.45) is 0. The first-order chi connectivity index (χ1) is 26.0. The van der Waals surface area contributed by atoms with E-state index in [1.165, 1.54) is 0 Å². The lowest BCUT2D eigenvalue weighted by molar-refractivity contribution is 1.50. The maximum atomic E-state index is 2.00. The van der Waals surface area contributed by atoms with Gasteiger partial charge in [-0.3, -0.25) is 0 Å². The summed E-state index contributed by atoms with van der Waals surface area (Å²) in [5.41, 5.74) is 0. The molecule has 0 bridgehead atoms. The third-order valence-electron chi connectivity index (χ3n) is 0. The van der Waals surface area contributed by atoms with Crippen LogP contribution in [0.5, 0.6) is 0 Å². The first kappa shape index (κ1) is 412. The average molecular weight is 1010 g/mol. The molecule has 0 fully saturated rings. The van der Waals surface area contributed by atoms with Crippen molar-refractivity contribution in [2.75, 3.05) is 0 Å². The fourth-order valence-electron chi connectivity index (χ4n) is 0. The molecule has 0 heteroatoms. The Balaban J connectivity index is -0.00000000278. The van der Waals surface area contributed by atoms with Crippen molar-refractivity contribution in [3.05, 3.63) is 0 Å². The summed E-state index contributed by atoms with van der Waals surface area (Å²) in [4.78, 5) is 0. The highest BCUT2D eigenvalue weighted by Gasteiger charge is 0.982. The Morgan fingerprint density at radius 2 is 0.0455 bits per heavy atom. The van der Waals surface area contributed by atoms with E-state index in [1.54, 1.807) is 0 Å². The van der Waals surface area contributed by atoms with E-state index in [1.807, 2.05) is 360 Å². The molecule has 0 aromatic carbocycles. The van der Waals surface area contributed by atoms with E-state index < -0.39 is 0 Å². The molecule has 0 aliphatic carbocycles. The minimum absolute atomic E-state index is 0. The van der Waals surface area contributed by atoms with Crippen molar-refractivity contribution < 1.29 is 0 Å². The van der Waals surface area contributed by atoms with Gasteiger partial charge in [-0.25, -0.2) is 0 Å². The van der Waals surface area contributed by atoms with Crippen LogP contribution >= 0.6 is 0 Å². The van der Waals surface area contributed by atoms with Gasteiger partial charge in [0.15, 0.2) is 0 Å². The molecule has 0 spiro atoms. The van der Waals surface area contributed by atoms with Gasteiger partial charge in [0.2, 0.25) is 0 Å². The molecular weight excluding hydrogens is 793 g/mol. The smallest absolute Gasteiger partial charge is 0.0683 e. The van der Waals surface area contributed by atoms with Crippen LogP contribution in [0.3, 0.4) is 0 Å². The lowest BCUT2D eigenvalue weighted by Gasteiger charge is -1.07. The number of hydrogen-bond donors (Lipinski definition) is 0. The summed E-state index contributed by atoms with van der Waals surface area (Å²) in [6, 6.07) is 0. The van der Waals surface area contributed by atoms with Crippen LogP contribution in [0.15, 0.2) is 0 Å². The first-order valence-electron chi connectivity index (χ1n) is 26.0. The minimum Gasteiger partial charge on any atom is -0.0776 e. The van der Waals surface area contributed by atoms with E-state index >= 15 is 0 Å². The van der Waals surface area contributed by atoms with Crippen LogP contribution in [0.1, 0.15) is 464 Å². The van der Waals surface area contributed by atoms with E-state index in [0.29, 0.717) is 0 Å². The topological polar surface area (TPSA) is 0 Å². The Morgan fingerprint density at radius 3 is 0.0455 bits per heavy atom. The van der Waals surface area contributed by atoms with Crippen molar-refractivity contribution in [3.8, 4) is 0 Å². The zero-order valence-electron chi connectivity index (χ0n) is 52.0. The highest BCUT2D eigenvalue weighted by molar-refractivity contribution is 3.55. The van der Waals surface area contributed by atoms with Gasteiger partial charge in [-0.15, -0.1) is 0 Å². The van der Waals surface area contributed by atoms with Gasteiger partial charge in [0.05, 0.1) is 0 Å². The van der Waals surface area contributed by atoms with Gasteiger partial charge in [-0.1, -0.05) is 464 Å². The van der Waals surface area contributed by atoms with Crippen molar-refractivity contribution in [1.82, 2.24) is 0 Å². The summed E-state index contributed by atoms with van der Waals surface area (Å²) < 4.78 is 0. The molecule has 0 radical (unpaired) electrons. The lowest BCUT2D eigenvalue weighted by Crippen LogP contribution is -0.856. The Hall–Kier alpha value is 0. The van der Waals surface area contributed by atoms with E-state index in [-0.39, 0.29) is 104 Å². The van der Waals surface area contributed by atoms with Gasteiger partial charge in [-0.05, 0) is 0 Å². The Bertz CT molecular complexity index is 0. The van der Waals surface area contributed by atoms with Crippen LogP contribution in [0.25, 0.3) is 0 Å². The first-order valence-corrected chi connectivity index (χ1v) is 26.0. The highest BCUT2D eigenvalue weighted by Crippen LogP contribution is 1.19. The summed E-state index contributed by atoms with van der Waals surface area (Å²) >= 11 is 0. The molecule has 476 valence electrons. The van der Waals surface area contributed by atoms with Crippen molar-refractivity contribution in [2.45, 2.75) is 464 Å². The molecule has 0 rings (SSSR count). The predicted molar refractivity (Wildman–Crippen MR) is 389 cm³/mol. The van der Waals surface area contributed by atoms with E-state index in [4.69, 9.17) is 0 Å². The molecule has 0 saturated heterocycles. The van der Waals surface area contributed by atoms with Crippen LogP contribution in [0.4, 0.5) is 0 Å². The van der Waals surface area contributed by atoms with Gasteiger partial charge < -0.3 is 0 Å². The fourth-order valence-corrected chi connectivity index (χ4v) is 0. The molecule has 0 aromatic heterocycles. The third kappa shape index (κ3) is 0. The standard InChI is InChI=1S/26C2H6.14CH4/c26*1-2;;;;;;;;;;;;;;/h26*1-2H3;14*1H4. The van der Waals surface area contributed by atoms with Crippen molar-refractivity contribution in [1.29, 1.82) is 0 Å². The van der Waals surface area contributed by atoms with E-state index in [2.05, 4.69) is 0 Å². The fraction of sp³-hybridized carbons (Fsp3) is 1.00. The molecular formula is C66H212. The van der Waals surface area contributed by atoms with E-state index in [0.717, 1.165) is 0 Å². The largest absolute Gasteiger partial charge is 0.0776 e. The molecule has 0 aromatic rings. The quantitative estimate of drug-likeness (QED) is 0.227. The maximum Gasteiger partial charge on any atom is -0.0683 e. The van der Waals surface area contributed by atoms with Crippen LogP contribution in [-0.2, 0) is 0 Å². The average Bonchev–Trinajstić information content (AvgIpc) is 3.40. The molecule has 0 saturated carbocycles. The Kier molecular flexibility index (Phi) is 0. The molecule has 0 heterocycles. The maximum absolute atomic E-state index is 2.00. The summed E-state index contributed by atoms with van der Waals surface area (Å²) in [5, 5.41) is 0. The number of rotatable bonds is 0. The monoisotopic (exact) mass is 1010 g/mol. The summed E-state index contributed by atoms with van der Waals surface area (Å²) in [5.74, 6) is 0. The second-order valence-corrected chi connectivity index (χ2v) is 0. The normalized spacial score (nSPS) is 2.36. The van der Waals surface area contributed by atoms with Crippen LogP contribution in [0.2, 0.25) is 0 Å². The summed E-state index contributed by atoms with van der Waals surface area (Å²) in [6.45, 7) is 104. The van der Waals surface area contributed by atoms with Crippen molar-refractivity contribution >= 4 is 0 Å².